The van der Waals surface area contributed by atoms with Gasteiger partial charge in [0.1, 0.15) is 0 Å². The maximum absolute atomic E-state index is 12.5. The van der Waals surface area contributed by atoms with Gasteiger partial charge in [0.2, 0.25) is 5.91 Å². The van der Waals surface area contributed by atoms with Gasteiger partial charge in [0.25, 0.3) is 5.78 Å². The van der Waals surface area contributed by atoms with Crippen molar-refractivity contribution in [2.24, 2.45) is 0 Å². The van der Waals surface area contributed by atoms with Crippen LogP contribution in [0.4, 0.5) is 0 Å². The molecule has 2 aromatic heterocycles. The smallest absolute Gasteiger partial charge is 0.255 e. The van der Waals surface area contributed by atoms with E-state index in [1.165, 1.54) is 17.3 Å². The number of hydrogen-bond acceptors (Lipinski definition) is 6. The summed E-state index contributed by atoms with van der Waals surface area (Å²) in [4.78, 5) is 21.0. The summed E-state index contributed by atoms with van der Waals surface area (Å²) in [5.74, 6) is 1.07. The fourth-order valence-electron chi connectivity index (χ4n) is 3.04. The topological polar surface area (TPSA) is 66.6 Å². The monoisotopic (exact) mass is 368 g/mol. The summed E-state index contributed by atoms with van der Waals surface area (Å²) in [7, 11) is 0. The first kappa shape index (κ1) is 17.0. The molecular weight excluding hydrogens is 348 g/mol. The van der Waals surface area contributed by atoms with E-state index in [2.05, 4.69) is 44.3 Å². The van der Waals surface area contributed by atoms with Crippen LogP contribution in [0.2, 0.25) is 0 Å². The molecule has 0 bridgehead atoms. The van der Waals surface area contributed by atoms with E-state index in [9.17, 15) is 4.79 Å². The zero-order chi connectivity index (χ0) is 17.8. The van der Waals surface area contributed by atoms with Gasteiger partial charge in [-0.15, -0.1) is 10.2 Å². The highest BCUT2D eigenvalue weighted by molar-refractivity contribution is 7.99. The quantitative estimate of drug-likeness (QED) is 0.637. The van der Waals surface area contributed by atoms with Gasteiger partial charge in [-0.1, -0.05) is 42.1 Å². The van der Waals surface area contributed by atoms with Crippen LogP contribution >= 0.6 is 11.8 Å². The molecule has 1 amide bonds. The first-order valence-corrected chi connectivity index (χ1v) is 9.61. The third kappa shape index (κ3) is 3.86. The molecule has 0 N–H and O–H groups in total. The van der Waals surface area contributed by atoms with E-state index in [1.807, 2.05) is 23.2 Å². The van der Waals surface area contributed by atoms with Gasteiger partial charge in [-0.3, -0.25) is 14.1 Å². The summed E-state index contributed by atoms with van der Waals surface area (Å²) in [5, 5.41) is 8.81. The number of aromatic nitrogens is 4. The molecule has 26 heavy (non-hydrogen) atoms. The normalized spacial score (nSPS) is 15.5. The van der Waals surface area contributed by atoms with Crippen molar-refractivity contribution in [2.75, 3.05) is 31.9 Å². The van der Waals surface area contributed by atoms with Crippen LogP contribution in [0.1, 0.15) is 5.56 Å². The van der Waals surface area contributed by atoms with Crippen molar-refractivity contribution in [1.82, 2.24) is 29.4 Å². The molecule has 0 unspecified atom stereocenters. The van der Waals surface area contributed by atoms with Gasteiger partial charge in [0.15, 0.2) is 5.16 Å². The number of carbonyl (C=O) groups excluding carboxylic acids is 1. The van der Waals surface area contributed by atoms with E-state index in [0.717, 1.165) is 32.7 Å². The van der Waals surface area contributed by atoms with Crippen molar-refractivity contribution in [2.45, 2.75) is 11.7 Å². The summed E-state index contributed by atoms with van der Waals surface area (Å²) in [6, 6.07) is 12.3. The summed E-state index contributed by atoms with van der Waals surface area (Å²) >= 11 is 1.41. The van der Waals surface area contributed by atoms with E-state index in [4.69, 9.17) is 0 Å². The SMILES string of the molecule is O=C(CSc1nnc2ncccn12)N1CCN(Cc2ccccc2)CC1. The van der Waals surface area contributed by atoms with Gasteiger partial charge < -0.3 is 4.90 Å². The first-order chi connectivity index (χ1) is 12.8. The second-order valence-corrected chi connectivity index (χ2v) is 7.15. The van der Waals surface area contributed by atoms with Crippen molar-refractivity contribution in [3.63, 3.8) is 0 Å². The molecule has 8 heteroatoms. The van der Waals surface area contributed by atoms with Crippen LogP contribution in [0.3, 0.4) is 0 Å². The molecule has 4 rings (SSSR count). The Labute approximate surface area is 156 Å². The van der Waals surface area contributed by atoms with E-state index in [1.54, 1.807) is 10.6 Å². The van der Waals surface area contributed by atoms with Crippen LogP contribution < -0.4 is 0 Å². The lowest BCUT2D eigenvalue weighted by molar-refractivity contribution is -0.130. The molecular formula is C18H20N6OS. The maximum Gasteiger partial charge on any atom is 0.255 e. The molecule has 3 aromatic rings. The minimum atomic E-state index is 0.148. The summed E-state index contributed by atoms with van der Waals surface area (Å²) < 4.78 is 1.80. The predicted molar refractivity (Wildman–Crippen MR) is 99.8 cm³/mol. The first-order valence-electron chi connectivity index (χ1n) is 8.62. The number of thioether (sulfide) groups is 1. The Morgan fingerprint density at radius 2 is 1.85 bits per heavy atom. The van der Waals surface area contributed by atoms with Gasteiger partial charge in [0.05, 0.1) is 5.75 Å². The molecule has 1 aliphatic heterocycles. The van der Waals surface area contributed by atoms with Crippen LogP contribution in [0.25, 0.3) is 5.78 Å². The Balaban J connectivity index is 1.27. The van der Waals surface area contributed by atoms with Crippen LogP contribution in [0, 0.1) is 0 Å². The number of fused-ring (bicyclic) bond motifs is 1. The number of hydrogen-bond donors (Lipinski definition) is 0. The van der Waals surface area contributed by atoms with E-state index in [0.29, 0.717) is 16.7 Å². The Kier molecular flexibility index (Phi) is 5.12. The van der Waals surface area contributed by atoms with Crippen LogP contribution in [-0.4, -0.2) is 67.2 Å². The molecule has 0 atom stereocenters. The largest absolute Gasteiger partial charge is 0.339 e. The van der Waals surface area contributed by atoms with Gasteiger partial charge in [-0.2, -0.15) is 0 Å². The summed E-state index contributed by atoms with van der Waals surface area (Å²) in [6.45, 7) is 4.30. The summed E-state index contributed by atoms with van der Waals surface area (Å²) in [6.07, 6.45) is 3.54. The highest BCUT2D eigenvalue weighted by Gasteiger charge is 2.21. The predicted octanol–water partition coefficient (Wildman–Crippen LogP) is 1.56. The van der Waals surface area contributed by atoms with Gasteiger partial charge in [-0.05, 0) is 11.6 Å². The van der Waals surface area contributed by atoms with Crippen molar-refractivity contribution in [3.8, 4) is 0 Å². The lowest BCUT2D eigenvalue weighted by atomic mass is 10.2. The standard InChI is InChI=1S/C18H20N6OS/c25-16(14-26-18-21-20-17-19-7-4-8-24(17)18)23-11-9-22(10-12-23)13-15-5-2-1-3-6-15/h1-8H,9-14H2. The number of piperazine rings is 1. The number of amides is 1. The van der Waals surface area contributed by atoms with Crippen molar-refractivity contribution in [1.29, 1.82) is 0 Å². The van der Waals surface area contributed by atoms with Crippen molar-refractivity contribution >= 4 is 23.4 Å². The number of carbonyl (C=O) groups is 1. The Bertz CT molecular complexity index is 876. The van der Waals surface area contributed by atoms with E-state index in [-0.39, 0.29) is 5.91 Å². The zero-order valence-electron chi connectivity index (χ0n) is 14.4. The number of nitrogens with zero attached hydrogens (tertiary/aromatic N) is 6. The van der Waals surface area contributed by atoms with Gasteiger partial charge >= 0.3 is 0 Å². The number of rotatable bonds is 5. The van der Waals surface area contributed by atoms with Crippen molar-refractivity contribution in [3.05, 3.63) is 54.4 Å². The average Bonchev–Trinajstić information content (AvgIpc) is 3.11. The Hall–Kier alpha value is -2.45. The van der Waals surface area contributed by atoms with Gasteiger partial charge in [0, 0.05) is 45.1 Å². The lowest BCUT2D eigenvalue weighted by Crippen LogP contribution is -2.48. The third-order valence-corrected chi connectivity index (χ3v) is 5.38. The van der Waals surface area contributed by atoms with Crippen LogP contribution in [-0.2, 0) is 11.3 Å². The fourth-order valence-corrected chi connectivity index (χ4v) is 3.85. The molecule has 1 saturated heterocycles. The third-order valence-electron chi connectivity index (χ3n) is 4.46. The Morgan fingerprint density at radius 1 is 1.04 bits per heavy atom. The lowest BCUT2D eigenvalue weighted by Gasteiger charge is -2.34. The molecule has 0 saturated carbocycles. The molecule has 0 aliphatic carbocycles. The van der Waals surface area contributed by atoms with Crippen LogP contribution in [0.15, 0.2) is 53.9 Å². The number of benzene rings is 1. The Morgan fingerprint density at radius 3 is 2.65 bits per heavy atom. The summed E-state index contributed by atoms with van der Waals surface area (Å²) in [5.41, 5.74) is 1.31. The van der Waals surface area contributed by atoms with Crippen LogP contribution in [0.5, 0.6) is 0 Å². The minimum absolute atomic E-state index is 0.148. The van der Waals surface area contributed by atoms with Gasteiger partial charge in [-0.25, -0.2) is 4.98 Å². The zero-order valence-corrected chi connectivity index (χ0v) is 15.2. The molecule has 7 nitrogen and oxygen atoms in total. The fraction of sp³-hybridized carbons (Fsp3) is 0.333. The highest BCUT2D eigenvalue weighted by atomic mass is 32.2. The molecule has 134 valence electrons. The molecule has 1 aromatic carbocycles. The minimum Gasteiger partial charge on any atom is -0.339 e. The molecule has 3 heterocycles. The average molecular weight is 368 g/mol. The molecule has 1 aliphatic rings. The highest BCUT2D eigenvalue weighted by Crippen LogP contribution is 2.17. The van der Waals surface area contributed by atoms with E-state index >= 15 is 0 Å². The van der Waals surface area contributed by atoms with Crippen molar-refractivity contribution < 1.29 is 4.79 Å². The molecule has 1 fully saturated rings. The maximum atomic E-state index is 12.5. The molecule has 0 radical (unpaired) electrons. The second-order valence-electron chi connectivity index (χ2n) is 6.20. The molecule has 0 spiro atoms. The van der Waals surface area contributed by atoms with E-state index < -0.39 is 0 Å². The second kappa shape index (κ2) is 7.84.